The number of amides is 1. The molecule has 1 aliphatic heterocycles. The first-order chi connectivity index (χ1) is 9.02. The van der Waals surface area contributed by atoms with Crippen molar-refractivity contribution in [2.45, 2.75) is 36.9 Å². The second kappa shape index (κ2) is 7.73. The van der Waals surface area contributed by atoms with E-state index in [4.69, 9.17) is 14.6 Å². The number of hydrogen-bond acceptors (Lipinski definition) is 7. The Labute approximate surface area is 110 Å². The average Bonchev–Trinajstić information content (AvgIpc) is 2.41. The molecule has 1 heterocycles. The molecular weight excluding hydrogens is 258 g/mol. The van der Waals surface area contributed by atoms with Gasteiger partial charge in [-0.1, -0.05) is 0 Å². The number of methoxy groups -OCH3 is 1. The van der Waals surface area contributed by atoms with Gasteiger partial charge in [0.15, 0.2) is 6.10 Å². The fourth-order valence-electron chi connectivity index (χ4n) is 1.85. The highest BCUT2D eigenvalue weighted by Gasteiger charge is 2.46. The molecule has 8 heteroatoms. The topological polar surface area (TPSA) is 128 Å². The van der Waals surface area contributed by atoms with E-state index in [0.717, 1.165) is 0 Å². The van der Waals surface area contributed by atoms with Gasteiger partial charge in [-0.25, -0.2) is 0 Å². The summed E-state index contributed by atoms with van der Waals surface area (Å²) in [5.41, 5.74) is 0. The lowest BCUT2D eigenvalue weighted by atomic mass is 9.95. The number of hydrogen-bond donors (Lipinski definition) is 5. The second-order valence-electron chi connectivity index (χ2n) is 4.39. The van der Waals surface area contributed by atoms with Crippen molar-refractivity contribution in [3.8, 4) is 0 Å². The predicted molar refractivity (Wildman–Crippen MR) is 63.3 cm³/mol. The van der Waals surface area contributed by atoms with Crippen LogP contribution in [0.3, 0.4) is 0 Å². The minimum absolute atomic E-state index is 0.335. The van der Waals surface area contributed by atoms with Crippen LogP contribution >= 0.6 is 0 Å². The van der Waals surface area contributed by atoms with Gasteiger partial charge in [0.25, 0.3) is 5.91 Å². The van der Waals surface area contributed by atoms with Crippen molar-refractivity contribution in [2.24, 2.45) is 0 Å². The maximum Gasteiger partial charge on any atom is 0.251 e. The molecule has 1 fully saturated rings. The van der Waals surface area contributed by atoms with Crippen LogP contribution in [0.1, 0.15) is 6.42 Å². The third-order valence-corrected chi connectivity index (χ3v) is 2.98. The monoisotopic (exact) mass is 279 g/mol. The SMILES string of the molecule is COCCCNC(=O)C1O[C@H](CO)[C@@H](O)[C@H](O)[C@H]1O. The van der Waals surface area contributed by atoms with Crippen molar-refractivity contribution in [3.63, 3.8) is 0 Å². The summed E-state index contributed by atoms with van der Waals surface area (Å²) < 4.78 is 9.91. The van der Waals surface area contributed by atoms with Gasteiger partial charge in [0.2, 0.25) is 0 Å². The largest absolute Gasteiger partial charge is 0.394 e. The third kappa shape index (κ3) is 4.10. The average molecular weight is 279 g/mol. The van der Waals surface area contributed by atoms with Gasteiger partial charge in [-0.05, 0) is 6.42 Å². The van der Waals surface area contributed by atoms with E-state index in [0.29, 0.717) is 19.6 Å². The van der Waals surface area contributed by atoms with Gasteiger partial charge in [-0.2, -0.15) is 0 Å². The molecule has 19 heavy (non-hydrogen) atoms. The molecule has 1 saturated heterocycles. The highest BCUT2D eigenvalue weighted by atomic mass is 16.5. The molecule has 112 valence electrons. The minimum Gasteiger partial charge on any atom is -0.394 e. The van der Waals surface area contributed by atoms with Gasteiger partial charge in [-0.3, -0.25) is 4.79 Å². The van der Waals surface area contributed by atoms with E-state index in [-0.39, 0.29) is 0 Å². The fourth-order valence-corrected chi connectivity index (χ4v) is 1.85. The Balaban J connectivity index is 2.53. The van der Waals surface area contributed by atoms with Gasteiger partial charge in [0.1, 0.15) is 24.4 Å². The number of nitrogens with one attached hydrogen (secondary N) is 1. The summed E-state index contributed by atoms with van der Waals surface area (Å²) in [7, 11) is 1.54. The Hall–Kier alpha value is -0.770. The van der Waals surface area contributed by atoms with Gasteiger partial charge in [-0.15, -0.1) is 0 Å². The molecule has 0 bridgehead atoms. The molecule has 5 N–H and O–H groups in total. The number of aliphatic hydroxyl groups excluding tert-OH is 4. The van der Waals surface area contributed by atoms with Crippen LogP contribution in [0.25, 0.3) is 0 Å². The summed E-state index contributed by atoms with van der Waals surface area (Å²) in [6.45, 7) is 0.259. The zero-order chi connectivity index (χ0) is 14.4. The lowest BCUT2D eigenvalue weighted by molar-refractivity contribution is -0.226. The number of rotatable bonds is 6. The van der Waals surface area contributed by atoms with E-state index in [1.54, 1.807) is 7.11 Å². The quantitative estimate of drug-likeness (QED) is 0.327. The van der Waals surface area contributed by atoms with Crippen LogP contribution in [0.15, 0.2) is 0 Å². The van der Waals surface area contributed by atoms with E-state index in [2.05, 4.69) is 5.32 Å². The molecule has 8 nitrogen and oxygen atoms in total. The Kier molecular flexibility index (Phi) is 6.63. The van der Waals surface area contributed by atoms with Crippen molar-refractivity contribution in [2.75, 3.05) is 26.9 Å². The van der Waals surface area contributed by atoms with E-state index in [1.165, 1.54) is 0 Å². The number of carbonyl (C=O) groups is 1. The molecule has 0 spiro atoms. The number of ether oxygens (including phenoxy) is 2. The van der Waals surface area contributed by atoms with E-state index in [9.17, 15) is 20.1 Å². The maximum atomic E-state index is 11.8. The van der Waals surface area contributed by atoms with Gasteiger partial charge < -0.3 is 35.2 Å². The van der Waals surface area contributed by atoms with Crippen molar-refractivity contribution in [3.05, 3.63) is 0 Å². The molecule has 0 aromatic heterocycles. The van der Waals surface area contributed by atoms with E-state index >= 15 is 0 Å². The molecule has 0 aromatic rings. The first-order valence-corrected chi connectivity index (χ1v) is 6.10. The van der Waals surface area contributed by atoms with E-state index < -0.39 is 43.0 Å². The summed E-state index contributed by atoms with van der Waals surface area (Å²) in [4.78, 5) is 11.8. The van der Waals surface area contributed by atoms with E-state index in [1.807, 2.05) is 0 Å². The van der Waals surface area contributed by atoms with Crippen molar-refractivity contribution < 1.29 is 34.7 Å². The lowest BCUT2D eigenvalue weighted by Crippen LogP contribution is -2.62. The smallest absolute Gasteiger partial charge is 0.251 e. The first kappa shape index (κ1) is 16.3. The number of carbonyl (C=O) groups excluding carboxylic acids is 1. The van der Waals surface area contributed by atoms with Crippen LogP contribution in [0.2, 0.25) is 0 Å². The van der Waals surface area contributed by atoms with Crippen LogP contribution in [-0.4, -0.2) is 83.7 Å². The minimum atomic E-state index is -1.54. The van der Waals surface area contributed by atoms with Crippen LogP contribution < -0.4 is 5.32 Å². The summed E-state index contributed by atoms with van der Waals surface area (Å²) >= 11 is 0. The molecule has 0 saturated carbocycles. The molecule has 0 radical (unpaired) electrons. The summed E-state index contributed by atoms with van der Waals surface area (Å²) in [5.74, 6) is -0.604. The zero-order valence-electron chi connectivity index (χ0n) is 10.7. The highest BCUT2D eigenvalue weighted by molar-refractivity contribution is 5.81. The van der Waals surface area contributed by atoms with Gasteiger partial charge in [0, 0.05) is 20.3 Å². The molecule has 1 aliphatic rings. The highest BCUT2D eigenvalue weighted by Crippen LogP contribution is 2.21. The molecule has 1 rings (SSSR count). The van der Waals surface area contributed by atoms with Crippen LogP contribution in [0, 0.1) is 0 Å². The van der Waals surface area contributed by atoms with Gasteiger partial charge in [0.05, 0.1) is 6.61 Å². The Morgan fingerprint density at radius 2 is 1.95 bits per heavy atom. The maximum absolute atomic E-state index is 11.8. The first-order valence-electron chi connectivity index (χ1n) is 6.10. The van der Waals surface area contributed by atoms with Crippen LogP contribution in [-0.2, 0) is 14.3 Å². The van der Waals surface area contributed by atoms with Gasteiger partial charge >= 0.3 is 0 Å². The molecule has 1 unspecified atom stereocenters. The normalized spacial score (nSPS) is 35.1. The van der Waals surface area contributed by atoms with Crippen molar-refractivity contribution in [1.82, 2.24) is 5.32 Å². The Morgan fingerprint density at radius 1 is 1.26 bits per heavy atom. The van der Waals surface area contributed by atoms with Crippen LogP contribution in [0.5, 0.6) is 0 Å². The molecular formula is C11H21NO7. The summed E-state index contributed by atoms with van der Waals surface area (Å²) in [6, 6.07) is 0. The summed E-state index contributed by atoms with van der Waals surface area (Å²) in [6.07, 6.45) is -6.34. The molecule has 5 atom stereocenters. The standard InChI is InChI=1S/C11H21NO7/c1-18-4-2-3-12-11(17)10-9(16)8(15)7(14)6(5-13)19-10/h6-10,13-16H,2-5H2,1H3,(H,12,17)/t6-,7-,8+,9-,10?/m1/s1. The molecule has 0 aromatic carbocycles. The fraction of sp³-hybridized carbons (Fsp3) is 0.909. The lowest BCUT2D eigenvalue weighted by Gasteiger charge is -2.39. The van der Waals surface area contributed by atoms with Crippen molar-refractivity contribution >= 4 is 5.91 Å². The Morgan fingerprint density at radius 3 is 2.53 bits per heavy atom. The molecule has 1 amide bonds. The zero-order valence-corrected chi connectivity index (χ0v) is 10.7. The number of aliphatic hydroxyl groups is 4. The van der Waals surface area contributed by atoms with Crippen molar-refractivity contribution in [1.29, 1.82) is 0 Å². The predicted octanol–water partition coefficient (Wildman–Crippen LogP) is -3.02. The summed E-state index contributed by atoms with van der Waals surface area (Å²) in [5, 5.41) is 40.3. The third-order valence-electron chi connectivity index (χ3n) is 2.98. The molecule has 0 aliphatic carbocycles. The van der Waals surface area contributed by atoms with Crippen LogP contribution in [0.4, 0.5) is 0 Å². The Bertz CT molecular complexity index is 286. The second-order valence-corrected chi connectivity index (χ2v) is 4.39.